The van der Waals surface area contributed by atoms with E-state index in [0.29, 0.717) is 17.1 Å². The number of phenols is 1. The van der Waals surface area contributed by atoms with Gasteiger partial charge in [-0.05, 0) is 54.4 Å². The lowest BCUT2D eigenvalue weighted by molar-refractivity contribution is 0.0993. The van der Waals surface area contributed by atoms with E-state index >= 15 is 0 Å². The van der Waals surface area contributed by atoms with Crippen molar-refractivity contribution in [2.75, 3.05) is 23.4 Å². The van der Waals surface area contributed by atoms with Crippen molar-refractivity contribution in [1.29, 1.82) is 0 Å². The van der Waals surface area contributed by atoms with Crippen LogP contribution in [0.15, 0.2) is 66.9 Å². The minimum absolute atomic E-state index is 0.136. The predicted molar refractivity (Wildman–Crippen MR) is 102 cm³/mol. The molecule has 0 fully saturated rings. The number of anilines is 3. The summed E-state index contributed by atoms with van der Waals surface area (Å²) < 4.78 is 0. The van der Waals surface area contributed by atoms with Crippen molar-refractivity contribution in [2.24, 2.45) is 0 Å². The highest BCUT2D eigenvalue weighted by Crippen LogP contribution is 2.35. The first-order valence-electron chi connectivity index (χ1n) is 8.53. The molecule has 0 saturated heterocycles. The first kappa shape index (κ1) is 16.1. The Morgan fingerprint density at radius 1 is 1.08 bits per heavy atom. The number of carbonyl (C=O) groups excluding carboxylic acids is 1. The summed E-state index contributed by atoms with van der Waals surface area (Å²) in [6, 6.07) is 18.4. The van der Waals surface area contributed by atoms with Gasteiger partial charge in [-0.2, -0.15) is 0 Å². The number of fused-ring (bicyclic) bond motifs is 1. The fourth-order valence-corrected chi connectivity index (χ4v) is 3.31. The van der Waals surface area contributed by atoms with E-state index in [2.05, 4.69) is 22.0 Å². The second-order valence-corrected chi connectivity index (χ2v) is 6.29. The molecule has 3 aromatic rings. The van der Waals surface area contributed by atoms with Crippen LogP contribution in [0.1, 0.15) is 15.9 Å². The van der Waals surface area contributed by atoms with Crippen molar-refractivity contribution in [3.8, 4) is 5.75 Å². The maximum atomic E-state index is 13.1. The first-order chi connectivity index (χ1) is 12.6. The number of phenolic OH excluding ortho intramolecular Hbond substituents is 1. The second-order valence-electron chi connectivity index (χ2n) is 6.29. The molecule has 26 heavy (non-hydrogen) atoms. The SMILES string of the molecule is CN(C(=O)c1cccnc1N1CCc2ccccc21)c1ccc(O)cc1. The summed E-state index contributed by atoms with van der Waals surface area (Å²) in [5.74, 6) is 0.710. The summed E-state index contributed by atoms with van der Waals surface area (Å²) in [5.41, 5.74) is 3.64. The maximum Gasteiger partial charge on any atom is 0.261 e. The van der Waals surface area contributed by atoms with Gasteiger partial charge in [0, 0.05) is 31.2 Å². The van der Waals surface area contributed by atoms with E-state index in [0.717, 1.165) is 18.7 Å². The first-order valence-corrected chi connectivity index (χ1v) is 8.53. The van der Waals surface area contributed by atoms with E-state index in [1.165, 1.54) is 5.56 Å². The Kier molecular flexibility index (Phi) is 4.05. The third-order valence-corrected chi connectivity index (χ3v) is 4.70. The number of benzene rings is 2. The van der Waals surface area contributed by atoms with Crippen LogP contribution in [0.2, 0.25) is 0 Å². The zero-order valence-corrected chi connectivity index (χ0v) is 14.5. The maximum absolute atomic E-state index is 13.1. The third-order valence-electron chi connectivity index (χ3n) is 4.70. The largest absolute Gasteiger partial charge is 0.508 e. The number of para-hydroxylation sites is 1. The Morgan fingerprint density at radius 2 is 1.85 bits per heavy atom. The number of aromatic hydroxyl groups is 1. The lowest BCUT2D eigenvalue weighted by atomic mass is 10.1. The van der Waals surface area contributed by atoms with E-state index in [9.17, 15) is 9.90 Å². The highest BCUT2D eigenvalue weighted by atomic mass is 16.3. The smallest absolute Gasteiger partial charge is 0.261 e. The number of amides is 1. The molecule has 2 aromatic carbocycles. The molecule has 0 bridgehead atoms. The quantitative estimate of drug-likeness (QED) is 0.785. The number of pyridine rings is 1. The van der Waals surface area contributed by atoms with E-state index in [1.807, 2.05) is 18.2 Å². The Morgan fingerprint density at radius 3 is 2.65 bits per heavy atom. The van der Waals surface area contributed by atoms with Crippen LogP contribution in [-0.2, 0) is 6.42 Å². The molecule has 2 heterocycles. The van der Waals surface area contributed by atoms with Gasteiger partial charge >= 0.3 is 0 Å². The summed E-state index contributed by atoms with van der Waals surface area (Å²) >= 11 is 0. The lowest BCUT2D eigenvalue weighted by Gasteiger charge is -2.24. The topological polar surface area (TPSA) is 56.7 Å². The predicted octanol–water partition coefficient (Wildman–Crippen LogP) is 3.76. The van der Waals surface area contributed by atoms with Crippen LogP contribution in [-0.4, -0.2) is 29.6 Å². The number of aromatic nitrogens is 1. The van der Waals surface area contributed by atoms with E-state index < -0.39 is 0 Å². The van der Waals surface area contributed by atoms with Crippen LogP contribution in [0.25, 0.3) is 0 Å². The molecule has 1 aromatic heterocycles. The number of hydrogen-bond acceptors (Lipinski definition) is 4. The van der Waals surface area contributed by atoms with Crippen LogP contribution in [0.5, 0.6) is 5.75 Å². The van der Waals surface area contributed by atoms with Crippen LogP contribution in [0.4, 0.5) is 17.2 Å². The van der Waals surface area contributed by atoms with Crippen LogP contribution in [0, 0.1) is 0 Å². The molecule has 130 valence electrons. The molecule has 0 unspecified atom stereocenters. The van der Waals surface area contributed by atoms with Crippen molar-refractivity contribution < 1.29 is 9.90 Å². The molecule has 5 nitrogen and oxygen atoms in total. The molecule has 1 aliphatic heterocycles. The number of nitrogens with zero attached hydrogens (tertiary/aromatic N) is 3. The van der Waals surface area contributed by atoms with Crippen molar-refractivity contribution in [1.82, 2.24) is 4.98 Å². The molecule has 0 atom stereocenters. The van der Waals surface area contributed by atoms with Gasteiger partial charge < -0.3 is 14.9 Å². The van der Waals surface area contributed by atoms with Crippen LogP contribution >= 0.6 is 0 Å². The molecular formula is C21H19N3O2. The van der Waals surface area contributed by atoms with Crippen molar-refractivity contribution >= 4 is 23.1 Å². The average Bonchev–Trinajstić information content (AvgIpc) is 3.11. The fraction of sp³-hybridized carbons (Fsp3) is 0.143. The van der Waals surface area contributed by atoms with Crippen molar-refractivity contribution in [3.05, 3.63) is 78.0 Å². The fourth-order valence-electron chi connectivity index (χ4n) is 3.31. The summed E-state index contributed by atoms with van der Waals surface area (Å²) in [4.78, 5) is 21.3. The van der Waals surface area contributed by atoms with Crippen molar-refractivity contribution in [2.45, 2.75) is 6.42 Å². The minimum atomic E-state index is -0.136. The molecule has 4 rings (SSSR count). The summed E-state index contributed by atoms with van der Waals surface area (Å²) in [6.45, 7) is 0.805. The summed E-state index contributed by atoms with van der Waals surface area (Å²) in [6.07, 6.45) is 2.65. The molecule has 1 amide bonds. The van der Waals surface area contributed by atoms with Gasteiger partial charge in [-0.1, -0.05) is 18.2 Å². The lowest BCUT2D eigenvalue weighted by Crippen LogP contribution is -2.29. The van der Waals surface area contributed by atoms with Gasteiger partial charge in [0.1, 0.15) is 11.6 Å². The van der Waals surface area contributed by atoms with Crippen LogP contribution in [0.3, 0.4) is 0 Å². The van der Waals surface area contributed by atoms with Gasteiger partial charge in [0.15, 0.2) is 0 Å². The van der Waals surface area contributed by atoms with Gasteiger partial charge in [0.05, 0.1) is 5.56 Å². The Hall–Kier alpha value is -3.34. The number of carbonyl (C=O) groups is 1. The highest BCUT2D eigenvalue weighted by Gasteiger charge is 2.26. The molecule has 1 aliphatic rings. The standard InChI is InChI=1S/C21H19N3O2/c1-23(16-8-10-17(25)11-9-16)21(26)18-6-4-13-22-20(18)24-14-12-15-5-2-3-7-19(15)24/h2-11,13,25H,12,14H2,1H3. The van der Waals surface area contributed by atoms with Gasteiger partial charge in [-0.3, -0.25) is 4.79 Å². The normalized spacial score (nSPS) is 12.7. The molecule has 0 saturated carbocycles. The molecular weight excluding hydrogens is 326 g/mol. The molecule has 0 spiro atoms. The molecule has 1 N–H and O–H groups in total. The zero-order valence-electron chi connectivity index (χ0n) is 14.5. The monoisotopic (exact) mass is 345 g/mol. The van der Waals surface area contributed by atoms with E-state index in [1.54, 1.807) is 48.5 Å². The van der Waals surface area contributed by atoms with Gasteiger partial charge in [-0.25, -0.2) is 4.98 Å². The molecule has 5 heteroatoms. The minimum Gasteiger partial charge on any atom is -0.508 e. The van der Waals surface area contributed by atoms with Gasteiger partial charge in [0.2, 0.25) is 0 Å². The zero-order chi connectivity index (χ0) is 18.1. The number of hydrogen-bond donors (Lipinski definition) is 1. The molecule has 0 aliphatic carbocycles. The van der Waals surface area contributed by atoms with Crippen LogP contribution < -0.4 is 9.80 Å². The Labute approximate surface area is 152 Å². The highest BCUT2D eigenvalue weighted by molar-refractivity contribution is 6.09. The van der Waals surface area contributed by atoms with Gasteiger partial charge in [0.25, 0.3) is 5.91 Å². The third kappa shape index (κ3) is 2.77. The second kappa shape index (κ2) is 6.52. The molecule has 0 radical (unpaired) electrons. The average molecular weight is 345 g/mol. The van der Waals surface area contributed by atoms with Gasteiger partial charge in [-0.15, -0.1) is 0 Å². The summed E-state index contributed by atoms with van der Waals surface area (Å²) in [5, 5.41) is 9.45. The van der Waals surface area contributed by atoms with Crippen molar-refractivity contribution in [3.63, 3.8) is 0 Å². The number of rotatable bonds is 3. The van der Waals surface area contributed by atoms with E-state index in [-0.39, 0.29) is 11.7 Å². The van der Waals surface area contributed by atoms with E-state index in [4.69, 9.17) is 0 Å². The Balaban J connectivity index is 1.70. The Bertz CT molecular complexity index is 953. The summed E-state index contributed by atoms with van der Waals surface area (Å²) in [7, 11) is 1.73.